The van der Waals surface area contributed by atoms with Crippen molar-refractivity contribution in [2.75, 3.05) is 5.32 Å². The zero-order valence-electron chi connectivity index (χ0n) is 13.6. The van der Waals surface area contributed by atoms with Crippen LogP contribution in [0.15, 0.2) is 77.4 Å². The van der Waals surface area contributed by atoms with E-state index in [-0.39, 0.29) is 0 Å². The SMILES string of the molecule is Cc1cccc(NC(=S)N(Cc2ccccc2)Cc2ccco2)c1. The maximum Gasteiger partial charge on any atom is 0.174 e. The zero-order valence-corrected chi connectivity index (χ0v) is 14.4. The molecule has 122 valence electrons. The fourth-order valence-electron chi connectivity index (χ4n) is 2.52. The molecule has 0 amide bonds. The van der Waals surface area contributed by atoms with Gasteiger partial charge in [0.2, 0.25) is 0 Å². The predicted molar refractivity (Wildman–Crippen MR) is 102 cm³/mol. The van der Waals surface area contributed by atoms with E-state index in [9.17, 15) is 0 Å². The van der Waals surface area contributed by atoms with E-state index in [4.69, 9.17) is 16.6 Å². The summed E-state index contributed by atoms with van der Waals surface area (Å²) in [6, 6.07) is 22.4. The monoisotopic (exact) mass is 336 g/mol. The fourth-order valence-corrected chi connectivity index (χ4v) is 2.77. The van der Waals surface area contributed by atoms with Crippen molar-refractivity contribution in [3.8, 4) is 0 Å². The van der Waals surface area contributed by atoms with Crippen LogP contribution in [0.25, 0.3) is 0 Å². The average molecular weight is 336 g/mol. The number of furan rings is 1. The Bertz CT molecular complexity index is 784. The van der Waals surface area contributed by atoms with E-state index in [2.05, 4.69) is 41.4 Å². The predicted octanol–water partition coefficient (Wildman–Crippen LogP) is 4.99. The lowest BCUT2D eigenvalue weighted by Crippen LogP contribution is -2.33. The molecule has 0 radical (unpaired) electrons. The van der Waals surface area contributed by atoms with Crippen LogP contribution < -0.4 is 5.32 Å². The molecule has 3 rings (SSSR count). The first-order chi connectivity index (χ1) is 11.7. The van der Waals surface area contributed by atoms with Crippen molar-refractivity contribution in [1.82, 2.24) is 4.90 Å². The van der Waals surface area contributed by atoms with Gasteiger partial charge in [-0.25, -0.2) is 0 Å². The number of rotatable bonds is 5. The van der Waals surface area contributed by atoms with Crippen LogP contribution in [0.3, 0.4) is 0 Å². The number of benzene rings is 2. The van der Waals surface area contributed by atoms with Gasteiger partial charge in [-0.3, -0.25) is 0 Å². The molecule has 2 aromatic carbocycles. The summed E-state index contributed by atoms with van der Waals surface area (Å²) in [5.41, 5.74) is 3.40. The molecule has 3 aromatic rings. The Kier molecular flexibility index (Phi) is 5.29. The van der Waals surface area contributed by atoms with Crippen molar-refractivity contribution in [2.24, 2.45) is 0 Å². The van der Waals surface area contributed by atoms with E-state index in [1.54, 1.807) is 6.26 Å². The van der Waals surface area contributed by atoms with Gasteiger partial charge >= 0.3 is 0 Å². The molecule has 1 aromatic heterocycles. The van der Waals surface area contributed by atoms with Crippen LogP contribution in [-0.4, -0.2) is 10.0 Å². The van der Waals surface area contributed by atoms with Crippen molar-refractivity contribution in [3.63, 3.8) is 0 Å². The molecule has 0 atom stereocenters. The van der Waals surface area contributed by atoms with Gasteiger partial charge in [0, 0.05) is 12.2 Å². The second kappa shape index (κ2) is 7.79. The minimum Gasteiger partial charge on any atom is -0.467 e. The summed E-state index contributed by atoms with van der Waals surface area (Å²) in [5, 5.41) is 4.01. The number of hydrogen-bond acceptors (Lipinski definition) is 2. The van der Waals surface area contributed by atoms with E-state index in [0.717, 1.165) is 18.0 Å². The van der Waals surface area contributed by atoms with E-state index in [1.165, 1.54) is 11.1 Å². The number of aryl methyl sites for hydroxylation is 1. The molecule has 3 nitrogen and oxygen atoms in total. The molecule has 0 unspecified atom stereocenters. The Morgan fingerprint density at radius 2 is 1.83 bits per heavy atom. The maximum absolute atomic E-state index is 5.65. The third kappa shape index (κ3) is 4.46. The lowest BCUT2D eigenvalue weighted by molar-refractivity contribution is 0.360. The van der Waals surface area contributed by atoms with Crippen molar-refractivity contribution in [1.29, 1.82) is 0 Å². The van der Waals surface area contributed by atoms with E-state index < -0.39 is 0 Å². The highest BCUT2D eigenvalue weighted by Crippen LogP contribution is 2.15. The summed E-state index contributed by atoms with van der Waals surface area (Å²) in [6.07, 6.45) is 1.69. The smallest absolute Gasteiger partial charge is 0.174 e. The van der Waals surface area contributed by atoms with Gasteiger partial charge in [-0.2, -0.15) is 0 Å². The number of hydrogen-bond donors (Lipinski definition) is 1. The summed E-state index contributed by atoms with van der Waals surface area (Å²) < 4.78 is 5.49. The molecule has 0 fully saturated rings. The minimum atomic E-state index is 0.625. The molecular formula is C20H20N2OS. The second-order valence-corrected chi connectivity index (χ2v) is 6.11. The van der Waals surface area contributed by atoms with Gasteiger partial charge in [-0.1, -0.05) is 42.5 Å². The van der Waals surface area contributed by atoms with Gasteiger partial charge in [0.05, 0.1) is 12.8 Å². The van der Waals surface area contributed by atoms with E-state index in [0.29, 0.717) is 11.7 Å². The lowest BCUT2D eigenvalue weighted by atomic mass is 10.2. The Morgan fingerprint density at radius 1 is 1.00 bits per heavy atom. The number of anilines is 1. The molecule has 0 bridgehead atoms. The maximum atomic E-state index is 5.65. The molecular weight excluding hydrogens is 316 g/mol. The van der Waals surface area contributed by atoms with Crippen molar-refractivity contribution in [2.45, 2.75) is 20.0 Å². The van der Waals surface area contributed by atoms with Gasteiger partial charge in [-0.05, 0) is 54.5 Å². The topological polar surface area (TPSA) is 28.4 Å². The molecule has 0 aliphatic carbocycles. The van der Waals surface area contributed by atoms with Crippen LogP contribution in [-0.2, 0) is 13.1 Å². The highest BCUT2D eigenvalue weighted by atomic mass is 32.1. The van der Waals surface area contributed by atoms with Crippen molar-refractivity contribution < 1.29 is 4.42 Å². The molecule has 0 aliphatic heterocycles. The van der Waals surface area contributed by atoms with Crippen LogP contribution in [0.5, 0.6) is 0 Å². The first kappa shape index (κ1) is 16.3. The normalized spacial score (nSPS) is 10.4. The highest BCUT2D eigenvalue weighted by Gasteiger charge is 2.13. The molecule has 1 heterocycles. The molecule has 0 spiro atoms. The zero-order chi connectivity index (χ0) is 16.8. The largest absolute Gasteiger partial charge is 0.467 e. The van der Waals surface area contributed by atoms with Gasteiger partial charge in [-0.15, -0.1) is 0 Å². The third-order valence-corrected chi connectivity index (χ3v) is 4.06. The van der Waals surface area contributed by atoms with Crippen molar-refractivity contribution in [3.05, 3.63) is 89.9 Å². The molecule has 24 heavy (non-hydrogen) atoms. The number of thiocarbonyl (C=S) groups is 1. The number of nitrogens with one attached hydrogen (secondary N) is 1. The summed E-state index contributed by atoms with van der Waals surface area (Å²) in [5.74, 6) is 0.888. The quantitative estimate of drug-likeness (QED) is 0.665. The summed E-state index contributed by atoms with van der Waals surface area (Å²) in [4.78, 5) is 2.10. The summed E-state index contributed by atoms with van der Waals surface area (Å²) in [7, 11) is 0. The van der Waals surface area contributed by atoms with Gasteiger partial charge < -0.3 is 14.6 Å². The molecule has 0 saturated heterocycles. The summed E-state index contributed by atoms with van der Waals surface area (Å²) in [6.45, 7) is 3.41. The Balaban J connectivity index is 1.76. The molecule has 1 N–H and O–H groups in total. The van der Waals surface area contributed by atoms with Crippen molar-refractivity contribution >= 4 is 23.0 Å². The number of nitrogens with zero attached hydrogens (tertiary/aromatic N) is 1. The second-order valence-electron chi connectivity index (χ2n) is 5.72. The lowest BCUT2D eigenvalue weighted by Gasteiger charge is -2.25. The van der Waals surface area contributed by atoms with E-state index >= 15 is 0 Å². The van der Waals surface area contributed by atoms with Crippen LogP contribution in [0.1, 0.15) is 16.9 Å². The first-order valence-corrected chi connectivity index (χ1v) is 8.30. The average Bonchev–Trinajstić information content (AvgIpc) is 3.08. The van der Waals surface area contributed by atoms with Gasteiger partial charge in [0.15, 0.2) is 5.11 Å². The Hall–Kier alpha value is -2.59. The standard InChI is InChI=1S/C20H20N2OS/c1-16-7-5-10-18(13-16)21-20(24)22(15-19-11-6-12-23-19)14-17-8-3-2-4-9-17/h2-13H,14-15H2,1H3,(H,21,24). The molecule has 0 saturated carbocycles. The Labute approximate surface area is 147 Å². The van der Waals surface area contributed by atoms with Gasteiger partial charge in [0.1, 0.15) is 5.76 Å². The Morgan fingerprint density at radius 3 is 2.54 bits per heavy atom. The van der Waals surface area contributed by atoms with Crippen LogP contribution in [0.4, 0.5) is 5.69 Å². The van der Waals surface area contributed by atoms with Crippen LogP contribution in [0, 0.1) is 6.92 Å². The fraction of sp³-hybridized carbons (Fsp3) is 0.150. The van der Waals surface area contributed by atoms with Crippen LogP contribution >= 0.6 is 12.2 Å². The van der Waals surface area contributed by atoms with Gasteiger partial charge in [0.25, 0.3) is 0 Å². The molecule has 4 heteroatoms. The minimum absolute atomic E-state index is 0.625. The third-order valence-electron chi connectivity index (χ3n) is 3.70. The highest BCUT2D eigenvalue weighted by molar-refractivity contribution is 7.80. The van der Waals surface area contributed by atoms with Crippen LogP contribution in [0.2, 0.25) is 0 Å². The summed E-state index contributed by atoms with van der Waals surface area (Å²) >= 11 is 5.65. The first-order valence-electron chi connectivity index (χ1n) is 7.89. The van der Waals surface area contributed by atoms with E-state index in [1.807, 2.05) is 42.5 Å². The molecule has 0 aliphatic rings.